The third-order valence-electron chi connectivity index (χ3n) is 5.83. The van der Waals surface area contributed by atoms with Crippen molar-refractivity contribution in [2.24, 2.45) is 0 Å². The van der Waals surface area contributed by atoms with Gasteiger partial charge in [0.05, 0.1) is 16.8 Å². The molecule has 5 nitrogen and oxygen atoms in total. The highest BCUT2D eigenvalue weighted by Gasteiger charge is 2.24. The highest BCUT2D eigenvalue weighted by atomic mass is 16.2. The molecule has 0 N–H and O–H groups in total. The Kier molecular flexibility index (Phi) is 5.08. The Hall–Kier alpha value is -3.73. The molecule has 1 aliphatic heterocycles. The Balaban J connectivity index is 1.45. The zero-order valence-electron chi connectivity index (χ0n) is 17.5. The van der Waals surface area contributed by atoms with Crippen molar-refractivity contribution in [3.05, 3.63) is 90.1 Å². The monoisotopic (exact) mass is 408 g/mol. The molecule has 1 amide bonds. The summed E-state index contributed by atoms with van der Waals surface area (Å²) in [7, 11) is 0. The first-order valence-corrected chi connectivity index (χ1v) is 10.6. The molecule has 154 valence electrons. The number of aromatic nitrogens is 2. The van der Waals surface area contributed by atoms with Gasteiger partial charge in [-0.15, -0.1) is 0 Å². The number of hydrogen-bond acceptors (Lipinski definition) is 4. The van der Waals surface area contributed by atoms with Crippen LogP contribution < -0.4 is 4.90 Å². The molecule has 3 heterocycles. The highest BCUT2D eigenvalue weighted by molar-refractivity contribution is 6.07. The van der Waals surface area contributed by atoms with E-state index in [9.17, 15) is 4.79 Å². The van der Waals surface area contributed by atoms with Gasteiger partial charge in [-0.1, -0.05) is 54.1 Å². The Bertz CT molecular complexity index is 1210. The fraction of sp³-hybridized carbons (Fsp3) is 0.192. The predicted molar refractivity (Wildman–Crippen MR) is 124 cm³/mol. The molecule has 4 aromatic rings. The number of anilines is 1. The van der Waals surface area contributed by atoms with E-state index in [0.717, 1.165) is 41.1 Å². The van der Waals surface area contributed by atoms with Crippen molar-refractivity contribution < 1.29 is 4.79 Å². The summed E-state index contributed by atoms with van der Waals surface area (Å²) < 4.78 is 0. The molecule has 2 aromatic carbocycles. The van der Waals surface area contributed by atoms with Crippen LogP contribution >= 0.6 is 0 Å². The van der Waals surface area contributed by atoms with E-state index in [1.165, 1.54) is 5.56 Å². The van der Waals surface area contributed by atoms with Crippen LogP contribution in [-0.2, 0) is 0 Å². The number of amides is 1. The van der Waals surface area contributed by atoms with Crippen molar-refractivity contribution in [1.82, 2.24) is 14.9 Å². The van der Waals surface area contributed by atoms with Crippen molar-refractivity contribution in [2.75, 3.05) is 31.1 Å². The molecule has 0 aliphatic carbocycles. The summed E-state index contributed by atoms with van der Waals surface area (Å²) in [5.41, 5.74) is 4.61. The lowest BCUT2D eigenvalue weighted by atomic mass is 10.0. The fourth-order valence-electron chi connectivity index (χ4n) is 4.07. The van der Waals surface area contributed by atoms with E-state index >= 15 is 0 Å². The maximum absolute atomic E-state index is 13.6. The van der Waals surface area contributed by atoms with Crippen molar-refractivity contribution in [1.29, 1.82) is 0 Å². The van der Waals surface area contributed by atoms with Gasteiger partial charge in [0.25, 0.3) is 5.91 Å². The SMILES string of the molecule is Cc1ccc(-c2cc(C(=O)N3CCN(c4ccccn4)CC3)c3ccccc3n2)cc1. The predicted octanol–water partition coefficient (Wildman–Crippen LogP) is 4.57. The number of rotatable bonds is 3. The minimum atomic E-state index is 0.0626. The van der Waals surface area contributed by atoms with Crippen molar-refractivity contribution in [2.45, 2.75) is 6.92 Å². The quantitative estimate of drug-likeness (QED) is 0.498. The van der Waals surface area contributed by atoms with Crippen molar-refractivity contribution >= 4 is 22.6 Å². The first kappa shape index (κ1) is 19.2. The summed E-state index contributed by atoms with van der Waals surface area (Å²) in [5.74, 6) is 1.03. The van der Waals surface area contributed by atoms with Gasteiger partial charge in [0.1, 0.15) is 5.82 Å². The molecule has 1 saturated heterocycles. The number of carbonyl (C=O) groups excluding carboxylic acids is 1. The normalized spacial score (nSPS) is 14.1. The second kappa shape index (κ2) is 8.19. The number of fused-ring (bicyclic) bond motifs is 1. The second-order valence-electron chi connectivity index (χ2n) is 7.91. The molecule has 2 aromatic heterocycles. The van der Waals surface area contributed by atoms with Gasteiger partial charge in [-0.25, -0.2) is 9.97 Å². The zero-order valence-corrected chi connectivity index (χ0v) is 17.5. The summed E-state index contributed by atoms with van der Waals surface area (Å²) in [6.07, 6.45) is 1.81. The van der Waals surface area contributed by atoms with Gasteiger partial charge in [-0.3, -0.25) is 4.79 Å². The molecule has 0 spiro atoms. The number of nitrogens with zero attached hydrogens (tertiary/aromatic N) is 4. The van der Waals surface area contributed by atoms with E-state index in [1.54, 1.807) is 0 Å². The Morgan fingerprint density at radius 2 is 1.61 bits per heavy atom. The van der Waals surface area contributed by atoms with Crippen LogP contribution in [0.2, 0.25) is 0 Å². The van der Waals surface area contributed by atoms with Gasteiger partial charge in [-0.2, -0.15) is 0 Å². The van der Waals surface area contributed by atoms with Gasteiger partial charge in [-0.05, 0) is 31.2 Å². The lowest BCUT2D eigenvalue weighted by molar-refractivity contribution is 0.0748. The molecule has 0 atom stereocenters. The molecular formula is C26H24N4O. The number of carbonyl (C=O) groups is 1. The number of pyridine rings is 2. The average Bonchev–Trinajstić information content (AvgIpc) is 2.84. The number of piperazine rings is 1. The third kappa shape index (κ3) is 3.87. The summed E-state index contributed by atoms with van der Waals surface area (Å²) in [6, 6.07) is 24.0. The van der Waals surface area contributed by atoms with Crippen LogP contribution in [0.5, 0.6) is 0 Å². The van der Waals surface area contributed by atoms with Crippen LogP contribution in [0.3, 0.4) is 0 Å². The Labute approximate surface area is 182 Å². The Morgan fingerprint density at radius 3 is 2.35 bits per heavy atom. The van der Waals surface area contributed by atoms with Crippen LogP contribution in [0, 0.1) is 6.92 Å². The van der Waals surface area contributed by atoms with Crippen LogP contribution in [0.4, 0.5) is 5.82 Å². The standard InChI is InChI=1S/C26H24N4O/c1-19-9-11-20(12-10-19)24-18-22(21-6-2-3-7-23(21)28-24)26(31)30-16-14-29(15-17-30)25-8-4-5-13-27-25/h2-13,18H,14-17H2,1H3. The summed E-state index contributed by atoms with van der Waals surface area (Å²) in [6.45, 7) is 4.96. The molecule has 0 saturated carbocycles. The summed E-state index contributed by atoms with van der Waals surface area (Å²) in [4.78, 5) is 27.0. The number of benzene rings is 2. The maximum atomic E-state index is 13.6. The lowest BCUT2D eigenvalue weighted by Gasteiger charge is -2.35. The molecule has 0 bridgehead atoms. The van der Waals surface area contributed by atoms with Crippen LogP contribution in [0.15, 0.2) is 79.0 Å². The van der Waals surface area contributed by atoms with Crippen molar-refractivity contribution in [3.8, 4) is 11.3 Å². The summed E-state index contributed by atoms with van der Waals surface area (Å²) >= 11 is 0. The number of para-hydroxylation sites is 1. The van der Waals surface area contributed by atoms with Crippen LogP contribution in [-0.4, -0.2) is 47.0 Å². The second-order valence-corrected chi connectivity index (χ2v) is 7.91. The van der Waals surface area contributed by atoms with E-state index in [-0.39, 0.29) is 5.91 Å². The van der Waals surface area contributed by atoms with Gasteiger partial charge < -0.3 is 9.80 Å². The van der Waals surface area contributed by atoms with Crippen molar-refractivity contribution in [3.63, 3.8) is 0 Å². The third-order valence-corrected chi connectivity index (χ3v) is 5.83. The molecule has 1 fully saturated rings. The topological polar surface area (TPSA) is 49.3 Å². The average molecular weight is 409 g/mol. The molecule has 0 radical (unpaired) electrons. The molecule has 5 heteroatoms. The zero-order chi connectivity index (χ0) is 21.2. The molecular weight excluding hydrogens is 384 g/mol. The maximum Gasteiger partial charge on any atom is 0.254 e. The molecule has 1 aliphatic rings. The van der Waals surface area contributed by atoms with E-state index in [4.69, 9.17) is 4.98 Å². The van der Waals surface area contributed by atoms with Gasteiger partial charge >= 0.3 is 0 Å². The molecule has 5 rings (SSSR count). The van der Waals surface area contributed by atoms with E-state index in [0.29, 0.717) is 18.7 Å². The van der Waals surface area contributed by atoms with E-state index in [2.05, 4.69) is 41.1 Å². The largest absolute Gasteiger partial charge is 0.353 e. The summed E-state index contributed by atoms with van der Waals surface area (Å²) in [5, 5.41) is 0.899. The first-order chi connectivity index (χ1) is 15.2. The smallest absolute Gasteiger partial charge is 0.254 e. The minimum absolute atomic E-state index is 0.0626. The highest BCUT2D eigenvalue weighted by Crippen LogP contribution is 2.26. The van der Waals surface area contributed by atoms with E-state index in [1.807, 2.05) is 59.6 Å². The van der Waals surface area contributed by atoms with Crippen LogP contribution in [0.1, 0.15) is 15.9 Å². The fourth-order valence-corrected chi connectivity index (χ4v) is 4.07. The lowest BCUT2D eigenvalue weighted by Crippen LogP contribution is -2.49. The molecule has 31 heavy (non-hydrogen) atoms. The van der Waals surface area contributed by atoms with Gasteiger partial charge in [0.15, 0.2) is 0 Å². The van der Waals surface area contributed by atoms with Crippen LogP contribution in [0.25, 0.3) is 22.2 Å². The minimum Gasteiger partial charge on any atom is -0.353 e. The first-order valence-electron chi connectivity index (χ1n) is 10.6. The van der Waals surface area contributed by atoms with Gasteiger partial charge in [0.2, 0.25) is 0 Å². The Morgan fingerprint density at radius 1 is 0.871 bits per heavy atom. The number of hydrogen-bond donors (Lipinski definition) is 0. The van der Waals surface area contributed by atoms with Gasteiger partial charge in [0, 0.05) is 43.3 Å². The molecule has 0 unspecified atom stereocenters. The number of aryl methyl sites for hydroxylation is 1. The van der Waals surface area contributed by atoms with E-state index < -0.39 is 0 Å².